The fourth-order valence-electron chi connectivity index (χ4n) is 1.70. The largest absolute Gasteiger partial charge is 0.276 e. The van der Waals surface area contributed by atoms with Gasteiger partial charge >= 0.3 is 0 Å². The topological polar surface area (TPSA) is 30.2 Å². The second-order valence-corrected chi connectivity index (χ2v) is 4.33. The maximum Gasteiger partial charge on any atom is 0.204 e. The summed E-state index contributed by atoms with van der Waals surface area (Å²) in [4.78, 5) is 0. The lowest BCUT2D eigenvalue weighted by molar-refractivity contribution is 0.628. The van der Waals surface area contributed by atoms with Crippen LogP contribution in [-0.2, 0) is 0 Å². The van der Waals surface area contributed by atoms with Crippen LogP contribution in [0.4, 0.5) is 4.39 Å². The number of nitrogens with zero attached hydrogens (tertiary/aromatic N) is 3. The molecule has 0 spiro atoms. The lowest BCUT2D eigenvalue weighted by Gasteiger charge is -2.02. The third-order valence-electron chi connectivity index (χ3n) is 2.52. The Labute approximate surface area is 105 Å². The van der Waals surface area contributed by atoms with Crippen LogP contribution < -0.4 is 0 Å². The first-order valence-electron chi connectivity index (χ1n) is 5.00. The van der Waals surface area contributed by atoms with E-state index in [9.17, 15) is 4.39 Å². The Morgan fingerprint density at radius 3 is 2.76 bits per heavy atom. The number of aromatic nitrogens is 3. The van der Waals surface area contributed by atoms with Crippen molar-refractivity contribution in [2.24, 2.45) is 0 Å². The average molecular weight is 292 g/mol. The monoisotopic (exact) mass is 291 g/mol. The number of hydrogen-bond donors (Lipinski definition) is 0. The Morgan fingerprint density at radius 2 is 1.94 bits per heavy atom. The summed E-state index contributed by atoms with van der Waals surface area (Å²) >= 11 is 3.30. The predicted molar refractivity (Wildman–Crippen MR) is 66.1 cm³/mol. The van der Waals surface area contributed by atoms with Crippen molar-refractivity contribution in [2.75, 3.05) is 0 Å². The molecule has 0 fully saturated rings. The summed E-state index contributed by atoms with van der Waals surface area (Å²) in [6, 6.07) is 10.2. The van der Waals surface area contributed by atoms with Gasteiger partial charge in [-0.25, -0.2) is 4.39 Å². The molecule has 2 heterocycles. The first-order valence-corrected chi connectivity index (χ1v) is 5.79. The van der Waals surface area contributed by atoms with Crippen molar-refractivity contribution in [1.82, 2.24) is 14.6 Å². The fourth-order valence-corrected chi connectivity index (χ4v) is 2.06. The van der Waals surface area contributed by atoms with E-state index in [2.05, 4.69) is 26.1 Å². The molecule has 0 amide bonds. The van der Waals surface area contributed by atoms with Crippen LogP contribution in [0.1, 0.15) is 0 Å². The summed E-state index contributed by atoms with van der Waals surface area (Å²) in [6.45, 7) is 0. The molecule has 0 aliphatic rings. The molecule has 0 radical (unpaired) electrons. The van der Waals surface area contributed by atoms with Crippen molar-refractivity contribution < 1.29 is 4.39 Å². The molecule has 84 valence electrons. The molecular formula is C12H7BrFN3. The van der Waals surface area contributed by atoms with Gasteiger partial charge in [0, 0.05) is 6.20 Å². The first kappa shape index (κ1) is 10.4. The van der Waals surface area contributed by atoms with Gasteiger partial charge in [0.25, 0.3) is 0 Å². The van der Waals surface area contributed by atoms with Crippen LogP contribution in [0.2, 0.25) is 0 Å². The Kier molecular flexibility index (Phi) is 2.40. The van der Waals surface area contributed by atoms with Crippen LogP contribution in [0.25, 0.3) is 16.8 Å². The third-order valence-corrected chi connectivity index (χ3v) is 3.06. The number of hydrogen-bond acceptors (Lipinski definition) is 2. The van der Waals surface area contributed by atoms with Gasteiger partial charge in [0.1, 0.15) is 5.82 Å². The summed E-state index contributed by atoms with van der Waals surface area (Å²) in [5, 5.41) is 7.87. The van der Waals surface area contributed by atoms with Crippen LogP contribution in [0, 0.1) is 5.82 Å². The van der Waals surface area contributed by atoms with Gasteiger partial charge in [-0.15, -0.1) is 10.2 Å². The number of benzene rings is 1. The molecule has 1 aromatic carbocycles. The second-order valence-electron chi connectivity index (χ2n) is 3.63. The SMILES string of the molecule is Fc1cccc(-c2ccc3nnc(Br)n3c2)c1. The number of rotatable bonds is 1. The summed E-state index contributed by atoms with van der Waals surface area (Å²) in [5.41, 5.74) is 2.49. The Balaban J connectivity index is 2.20. The van der Waals surface area contributed by atoms with Crippen LogP contribution >= 0.6 is 15.9 Å². The Hall–Kier alpha value is -1.75. The average Bonchev–Trinajstić information content (AvgIpc) is 2.71. The molecule has 3 aromatic rings. The zero-order chi connectivity index (χ0) is 11.8. The predicted octanol–water partition coefficient (Wildman–Crippen LogP) is 3.30. The molecule has 0 saturated carbocycles. The fraction of sp³-hybridized carbons (Fsp3) is 0. The van der Waals surface area contributed by atoms with Crippen LogP contribution in [0.3, 0.4) is 0 Å². The highest BCUT2D eigenvalue weighted by Gasteiger charge is 2.04. The van der Waals surface area contributed by atoms with Gasteiger partial charge in [-0.3, -0.25) is 4.40 Å². The molecule has 0 unspecified atom stereocenters. The van der Waals surface area contributed by atoms with Crippen molar-refractivity contribution in [3.63, 3.8) is 0 Å². The van der Waals surface area contributed by atoms with Crippen molar-refractivity contribution in [1.29, 1.82) is 0 Å². The van der Waals surface area contributed by atoms with E-state index in [4.69, 9.17) is 0 Å². The van der Waals surface area contributed by atoms with Crippen molar-refractivity contribution in [3.05, 3.63) is 53.1 Å². The Morgan fingerprint density at radius 1 is 1.06 bits per heavy atom. The second kappa shape index (κ2) is 3.92. The molecule has 0 bridgehead atoms. The van der Waals surface area contributed by atoms with Crippen molar-refractivity contribution in [3.8, 4) is 11.1 Å². The van der Waals surface area contributed by atoms with Crippen molar-refractivity contribution >= 4 is 21.6 Å². The maximum atomic E-state index is 13.1. The maximum absolute atomic E-state index is 13.1. The minimum absolute atomic E-state index is 0.245. The lowest BCUT2D eigenvalue weighted by atomic mass is 10.1. The smallest absolute Gasteiger partial charge is 0.204 e. The first-order chi connectivity index (χ1) is 8.24. The number of pyridine rings is 1. The molecule has 5 heteroatoms. The molecule has 2 aromatic heterocycles. The van der Waals surface area contributed by atoms with Gasteiger partial charge in [-0.05, 0) is 51.3 Å². The summed E-state index contributed by atoms with van der Waals surface area (Å²) < 4.78 is 15.6. The highest BCUT2D eigenvalue weighted by atomic mass is 79.9. The van der Waals surface area contributed by atoms with E-state index in [1.165, 1.54) is 12.1 Å². The van der Waals surface area contributed by atoms with E-state index < -0.39 is 0 Å². The quantitative estimate of drug-likeness (QED) is 0.689. The zero-order valence-electron chi connectivity index (χ0n) is 8.64. The van der Waals surface area contributed by atoms with Gasteiger partial charge in [0.2, 0.25) is 4.73 Å². The van der Waals surface area contributed by atoms with Gasteiger partial charge in [0.15, 0.2) is 5.65 Å². The minimum Gasteiger partial charge on any atom is -0.276 e. The molecule has 0 saturated heterocycles. The van der Waals surface area contributed by atoms with E-state index in [1.807, 2.05) is 24.4 Å². The lowest BCUT2D eigenvalue weighted by Crippen LogP contribution is -1.87. The minimum atomic E-state index is -0.245. The van der Waals surface area contributed by atoms with Gasteiger partial charge in [-0.1, -0.05) is 12.1 Å². The molecule has 0 atom stereocenters. The van der Waals surface area contributed by atoms with E-state index in [1.54, 1.807) is 10.5 Å². The van der Waals surface area contributed by atoms with E-state index in [0.29, 0.717) is 4.73 Å². The zero-order valence-corrected chi connectivity index (χ0v) is 10.2. The summed E-state index contributed by atoms with van der Waals surface area (Å²) in [7, 11) is 0. The molecule has 3 nitrogen and oxygen atoms in total. The number of halogens is 2. The van der Waals surface area contributed by atoms with Gasteiger partial charge in [0.05, 0.1) is 0 Å². The molecular weight excluding hydrogens is 285 g/mol. The molecule has 0 aliphatic heterocycles. The molecule has 0 aliphatic carbocycles. The third kappa shape index (κ3) is 1.82. The van der Waals surface area contributed by atoms with E-state index in [-0.39, 0.29) is 5.82 Å². The van der Waals surface area contributed by atoms with Gasteiger partial charge in [-0.2, -0.15) is 0 Å². The molecule has 3 rings (SSSR count). The summed E-state index contributed by atoms with van der Waals surface area (Å²) in [6.07, 6.45) is 1.87. The van der Waals surface area contributed by atoms with Crippen LogP contribution in [-0.4, -0.2) is 14.6 Å². The number of fused-ring (bicyclic) bond motifs is 1. The highest BCUT2D eigenvalue weighted by molar-refractivity contribution is 9.10. The molecule has 17 heavy (non-hydrogen) atoms. The van der Waals surface area contributed by atoms with Gasteiger partial charge < -0.3 is 0 Å². The van der Waals surface area contributed by atoms with Crippen LogP contribution in [0.5, 0.6) is 0 Å². The Bertz CT molecular complexity index is 693. The summed E-state index contributed by atoms with van der Waals surface area (Å²) in [5.74, 6) is -0.245. The van der Waals surface area contributed by atoms with Crippen molar-refractivity contribution in [2.45, 2.75) is 0 Å². The molecule has 0 N–H and O–H groups in total. The standard InChI is InChI=1S/C12H7BrFN3/c13-12-16-15-11-5-4-9(7-17(11)12)8-2-1-3-10(14)6-8/h1-7H. The normalized spacial score (nSPS) is 10.9. The van der Waals surface area contributed by atoms with Crippen LogP contribution in [0.15, 0.2) is 47.3 Å². The highest BCUT2D eigenvalue weighted by Crippen LogP contribution is 2.21. The van der Waals surface area contributed by atoms with E-state index >= 15 is 0 Å². The van der Waals surface area contributed by atoms with E-state index in [0.717, 1.165) is 16.8 Å².